The third-order valence-corrected chi connectivity index (χ3v) is 3.65. The molecule has 0 aliphatic carbocycles. The van der Waals surface area contributed by atoms with Crippen LogP contribution in [0.25, 0.3) is 10.9 Å². The molecule has 0 saturated carbocycles. The van der Waals surface area contributed by atoms with E-state index in [1.165, 1.54) is 12.3 Å². The SMILES string of the molecule is N#Cc1ccc2[nH]cc([Se]C(F)(F)F)c2c1. The molecule has 0 fully saturated rings. The van der Waals surface area contributed by atoms with E-state index < -0.39 is 20.0 Å². The fourth-order valence-corrected chi connectivity index (χ4v) is 2.73. The van der Waals surface area contributed by atoms with Crippen molar-refractivity contribution >= 4 is 30.3 Å². The van der Waals surface area contributed by atoms with Crippen LogP contribution in [-0.2, 0) is 0 Å². The molecule has 2 rings (SSSR count). The first kappa shape index (κ1) is 11.1. The van der Waals surface area contributed by atoms with E-state index in [-0.39, 0.29) is 4.46 Å². The molecule has 16 heavy (non-hydrogen) atoms. The summed E-state index contributed by atoms with van der Waals surface area (Å²) in [6.07, 6.45) is 1.36. The molecule has 0 unspecified atom stereocenters. The number of H-pyrrole nitrogens is 1. The van der Waals surface area contributed by atoms with Crippen LogP contribution in [-0.4, -0.2) is 25.0 Å². The molecule has 2 aromatic rings. The number of rotatable bonds is 1. The molecule has 0 bridgehead atoms. The number of fused-ring (bicyclic) bond motifs is 1. The fourth-order valence-electron chi connectivity index (χ4n) is 1.37. The number of halogens is 3. The van der Waals surface area contributed by atoms with Crippen LogP contribution in [0.2, 0.25) is 0 Å². The molecule has 1 heterocycles. The Morgan fingerprint density at radius 1 is 1.31 bits per heavy atom. The van der Waals surface area contributed by atoms with E-state index in [4.69, 9.17) is 5.26 Å². The van der Waals surface area contributed by atoms with Gasteiger partial charge < -0.3 is 0 Å². The molecule has 0 amide bonds. The number of alkyl halides is 3. The van der Waals surface area contributed by atoms with Crippen molar-refractivity contribution in [3.8, 4) is 6.07 Å². The zero-order valence-corrected chi connectivity index (χ0v) is 9.51. The summed E-state index contributed by atoms with van der Waals surface area (Å²) in [4.78, 5) is 2.77. The van der Waals surface area contributed by atoms with Crippen molar-refractivity contribution in [3.05, 3.63) is 30.0 Å². The molecule has 1 aromatic heterocycles. The quantitative estimate of drug-likeness (QED) is 0.800. The first-order valence-corrected chi connectivity index (χ1v) is 5.98. The van der Waals surface area contributed by atoms with Gasteiger partial charge >= 0.3 is 94.8 Å². The molecule has 0 aliphatic heterocycles. The Labute approximate surface area is 95.2 Å². The van der Waals surface area contributed by atoms with Crippen molar-refractivity contribution in [1.29, 1.82) is 5.26 Å². The fraction of sp³-hybridized carbons (Fsp3) is 0.100. The van der Waals surface area contributed by atoms with Crippen LogP contribution in [0.1, 0.15) is 5.56 Å². The van der Waals surface area contributed by atoms with E-state index in [1.807, 2.05) is 6.07 Å². The van der Waals surface area contributed by atoms with Gasteiger partial charge in [-0.3, -0.25) is 0 Å². The van der Waals surface area contributed by atoms with Crippen molar-refractivity contribution in [2.75, 3.05) is 0 Å². The molecule has 1 N–H and O–H groups in total. The second kappa shape index (κ2) is 3.85. The van der Waals surface area contributed by atoms with Crippen molar-refractivity contribution in [1.82, 2.24) is 4.98 Å². The first-order valence-electron chi connectivity index (χ1n) is 4.26. The number of benzene rings is 1. The van der Waals surface area contributed by atoms with E-state index in [1.54, 1.807) is 12.1 Å². The molecule has 1 aromatic carbocycles. The maximum absolute atomic E-state index is 12.3. The molecule has 0 aliphatic rings. The predicted molar refractivity (Wildman–Crippen MR) is 54.5 cm³/mol. The Morgan fingerprint density at radius 2 is 2.06 bits per heavy atom. The number of nitrogens with zero attached hydrogens (tertiary/aromatic N) is 1. The van der Waals surface area contributed by atoms with Gasteiger partial charge in [0, 0.05) is 0 Å². The van der Waals surface area contributed by atoms with Crippen LogP contribution in [0, 0.1) is 11.3 Å². The predicted octanol–water partition coefficient (Wildman–Crippen LogP) is 1.89. The molecular weight excluding hydrogens is 284 g/mol. The summed E-state index contributed by atoms with van der Waals surface area (Å²) >= 11 is -1.58. The first-order chi connectivity index (χ1) is 7.49. The van der Waals surface area contributed by atoms with Gasteiger partial charge in [0.25, 0.3) is 0 Å². The van der Waals surface area contributed by atoms with Gasteiger partial charge in [0.2, 0.25) is 0 Å². The Hall–Kier alpha value is -1.44. The maximum atomic E-state index is 12.3. The third kappa shape index (κ3) is 2.21. The second-order valence-corrected chi connectivity index (χ2v) is 5.40. The van der Waals surface area contributed by atoms with Crippen molar-refractivity contribution in [3.63, 3.8) is 0 Å². The number of nitrogens with one attached hydrogen (secondary N) is 1. The van der Waals surface area contributed by atoms with Crippen LogP contribution in [0.15, 0.2) is 24.4 Å². The summed E-state index contributed by atoms with van der Waals surface area (Å²) in [6.45, 7) is 0. The minimum absolute atomic E-state index is 0.229. The van der Waals surface area contributed by atoms with Gasteiger partial charge in [-0.05, 0) is 0 Å². The summed E-state index contributed by atoms with van der Waals surface area (Å²) in [6, 6.07) is 6.58. The molecule has 0 atom stereocenters. The van der Waals surface area contributed by atoms with Gasteiger partial charge in [0.05, 0.1) is 0 Å². The summed E-state index contributed by atoms with van der Waals surface area (Å²) in [5, 5.41) is 4.99. The van der Waals surface area contributed by atoms with Gasteiger partial charge in [-0.15, -0.1) is 0 Å². The average molecular weight is 289 g/mol. The molecule has 0 spiro atoms. The molecule has 2 nitrogen and oxygen atoms in total. The normalized spacial score (nSPS) is 11.6. The van der Waals surface area contributed by atoms with Crippen LogP contribution in [0.4, 0.5) is 13.2 Å². The number of hydrogen-bond acceptors (Lipinski definition) is 1. The van der Waals surface area contributed by atoms with Crippen LogP contribution < -0.4 is 4.46 Å². The molecule has 82 valence electrons. The zero-order valence-electron chi connectivity index (χ0n) is 7.80. The van der Waals surface area contributed by atoms with E-state index in [0.717, 1.165) is 0 Å². The number of aromatic nitrogens is 1. The Morgan fingerprint density at radius 3 is 2.69 bits per heavy atom. The van der Waals surface area contributed by atoms with Crippen LogP contribution in [0.5, 0.6) is 0 Å². The molecule has 6 heteroatoms. The average Bonchev–Trinajstić information content (AvgIpc) is 2.58. The van der Waals surface area contributed by atoms with Gasteiger partial charge in [0.1, 0.15) is 0 Å². The van der Waals surface area contributed by atoms with E-state index >= 15 is 0 Å². The number of hydrogen-bond donors (Lipinski definition) is 1. The van der Waals surface area contributed by atoms with Gasteiger partial charge in [-0.2, -0.15) is 0 Å². The minimum atomic E-state index is -4.18. The molecular formula is C10H5F3N2Se. The standard InChI is InChI=1S/C10H5F3N2Se/c11-10(12,13)16-9-5-15-8-2-1-6(4-14)3-7(8)9/h1-3,5,15H. The molecule has 0 saturated heterocycles. The van der Waals surface area contributed by atoms with Crippen molar-refractivity contribution in [2.24, 2.45) is 0 Å². The van der Waals surface area contributed by atoms with E-state index in [9.17, 15) is 13.2 Å². The Bertz CT molecular complexity index is 565. The van der Waals surface area contributed by atoms with Crippen LogP contribution >= 0.6 is 0 Å². The van der Waals surface area contributed by atoms with Gasteiger partial charge in [-0.25, -0.2) is 0 Å². The molecule has 0 radical (unpaired) electrons. The second-order valence-electron chi connectivity index (χ2n) is 3.07. The summed E-state index contributed by atoms with van der Waals surface area (Å²) in [5.41, 5.74) is 0.992. The Balaban J connectivity index is 2.51. The summed E-state index contributed by atoms with van der Waals surface area (Å²) < 4.78 is 37.1. The summed E-state index contributed by atoms with van der Waals surface area (Å²) in [7, 11) is 0. The van der Waals surface area contributed by atoms with Crippen LogP contribution in [0.3, 0.4) is 0 Å². The monoisotopic (exact) mass is 290 g/mol. The van der Waals surface area contributed by atoms with Gasteiger partial charge in [-0.1, -0.05) is 0 Å². The number of nitriles is 1. The van der Waals surface area contributed by atoms with E-state index in [2.05, 4.69) is 4.98 Å². The van der Waals surface area contributed by atoms with E-state index in [0.29, 0.717) is 16.5 Å². The van der Waals surface area contributed by atoms with Crippen molar-refractivity contribution < 1.29 is 13.2 Å². The third-order valence-electron chi connectivity index (χ3n) is 2.00. The number of aromatic amines is 1. The topological polar surface area (TPSA) is 39.6 Å². The van der Waals surface area contributed by atoms with Crippen molar-refractivity contribution in [2.45, 2.75) is 5.07 Å². The zero-order chi connectivity index (χ0) is 11.8. The van der Waals surface area contributed by atoms with Gasteiger partial charge in [0.15, 0.2) is 0 Å². The summed E-state index contributed by atoms with van der Waals surface area (Å²) in [5.74, 6) is 0. The Kier molecular flexibility index (Phi) is 2.66.